The van der Waals surface area contributed by atoms with Gasteiger partial charge in [-0.15, -0.1) is 0 Å². The van der Waals surface area contributed by atoms with E-state index in [-0.39, 0.29) is 12.2 Å². The van der Waals surface area contributed by atoms with Gasteiger partial charge in [-0.25, -0.2) is 4.98 Å². The van der Waals surface area contributed by atoms with Crippen molar-refractivity contribution in [3.8, 4) is 11.5 Å². The Morgan fingerprint density at radius 3 is 2.62 bits per heavy atom. The quantitative estimate of drug-likeness (QED) is 0.471. The molecule has 7 heteroatoms. The van der Waals surface area contributed by atoms with Crippen molar-refractivity contribution in [2.75, 3.05) is 5.32 Å². The number of fused-ring (bicyclic) bond motifs is 1. The molecule has 0 atom stereocenters. The third-order valence-electron chi connectivity index (χ3n) is 4.41. The van der Waals surface area contributed by atoms with E-state index in [1.165, 1.54) is 0 Å². The largest absolute Gasteiger partial charge is 0.457 e. The number of Topliss-reactive ketones (excluding diaryl/α,β-unsaturated/α-hetero) is 1. The lowest BCUT2D eigenvalue weighted by Gasteiger charge is -2.07. The monoisotopic (exact) mass is 406 g/mol. The highest BCUT2D eigenvalue weighted by Gasteiger charge is 2.10. The molecular weight excluding hydrogens is 388 g/mol. The fourth-order valence-corrected chi connectivity index (χ4v) is 3.15. The topological polar surface area (TPSA) is 69.0 Å². The number of anilines is 2. The van der Waals surface area contributed by atoms with E-state index in [0.29, 0.717) is 28.2 Å². The summed E-state index contributed by atoms with van der Waals surface area (Å²) < 4.78 is 7.93. The fourth-order valence-electron chi connectivity index (χ4n) is 3.02. The average molecular weight is 407 g/mol. The van der Waals surface area contributed by atoms with E-state index in [2.05, 4.69) is 15.3 Å². The van der Waals surface area contributed by atoms with Crippen molar-refractivity contribution < 1.29 is 9.53 Å². The molecule has 6 nitrogen and oxygen atoms in total. The van der Waals surface area contributed by atoms with E-state index in [1.807, 2.05) is 54.1 Å². The van der Waals surface area contributed by atoms with Crippen LogP contribution in [0.25, 0.3) is 11.0 Å². The van der Waals surface area contributed by atoms with Crippen LogP contribution in [0.4, 0.5) is 11.6 Å². The molecule has 0 aliphatic carbocycles. The molecule has 2 aromatic heterocycles. The Kier molecular flexibility index (Phi) is 5.18. The van der Waals surface area contributed by atoms with Crippen LogP contribution in [0.3, 0.4) is 0 Å². The van der Waals surface area contributed by atoms with E-state index >= 15 is 0 Å². The standard InChI is InChI=1S/C22H19ClN4O2/c1-14(28)11-17-12-19(9-10-24-17)29-18-7-8-21-20(13-18)26-22(27(21)2)25-16-5-3-15(23)4-6-16/h3-10,12-13H,11H2,1-2H3,(H,25,26). The maximum Gasteiger partial charge on any atom is 0.208 e. The Morgan fingerprint density at radius 1 is 1.10 bits per heavy atom. The number of aromatic nitrogens is 3. The third kappa shape index (κ3) is 4.38. The second-order valence-electron chi connectivity index (χ2n) is 6.74. The van der Waals surface area contributed by atoms with Gasteiger partial charge in [0.1, 0.15) is 17.3 Å². The Balaban J connectivity index is 1.58. The molecule has 0 aliphatic rings. The van der Waals surface area contributed by atoms with Crippen molar-refractivity contribution >= 4 is 40.1 Å². The lowest BCUT2D eigenvalue weighted by Crippen LogP contribution is -1.99. The summed E-state index contributed by atoms with van der Waals surface area (Å²) in [7, 11) is 1.95. The number of nitrogens with zero attached hydrogens (tertiary/aromatic N) is 3. The van der Waals surface area contributed by atoms with E-state index in [9.17, 15) is 4.79 Å². The highest BCUT2D eigenvalue weighted by atomic mass is 35.5. The normalized spacial score (nSPS) is 10.9. The zero-order valence-electron chi connectivity index (χ0n) is 16.0. The predicted octanol–water partition coefficient (Wildman–Crippen LogP) is 5.29. The van der Waals surface area contributed by atoms with Crippen LogP contribution in [0.5, 0.6) is 11.5 Å². The van der Waals surface area contributed by atoms with Crippen molar-refractivity contribution in [1.82, 2.24) is 14.5 Å². The Labute approximate surface area is 173 Å². The van der Waals surface area contributed by atoms with Gasteiger partial charge in [0.05, 0.1) is 16.7 Å². The minimum absolute atomic E-state index is 0.0604. The molecule has 0 amide bonds. The van der Waals surface area contributed by atoms with E-state index in [0.717, 1.165) is 16.7 Å². The molecule has 0 bridgehead atoms. The molecule has 0 unspecified atom stereocenters. The lowest BCUT2D eigenvalue weighted by atomic mass is 10.2. The van der Waals surface area contributed by atoms with Gasteiger partial charge in [-0.3, -0.25) is 9.78 Å². The van der Waals surface area contributed by atoms with Crippen LogP contribution in [-0.4, -0.2) is 20.3 Å². The summed E-state index contributed by atoms with van der Waals surface area (Å²) in [5.74, 6) is 2.07. The number of benzene rings is 2. The highest BCUT2D eigenvalue weighted by molar-refractivity contribution is 6.30. The van der Waals surface area contributed by atoms with Crippen LogP contribution < -0.4 is 10.1 Å². The summed E-state index contributed by atoms with van der Waals surface area (Å²) in [4.78, 5) is 20.2. The van der Waals surface area contributed by atoms with Gasteiger partial charge >= 0.3 is 0 Å². The smallest absolute Gasteiger partial charge is 0.208 e. The summed E-state index contributed by atoms with van der Waals surface area (Å²) in [6.07, 6.45) is 1.93. The number of ether oxygens (including phenoxy) is 1. The molecule has 2 heterocycles. The van der Waals surface area contributed by atoms with Crippen molar-refractivity contribution in [3.63, 3.8) is 0 Å². The van der Waals surface area contributed by atoms with Crippen LogP contribution in [0, 0.1) is 0 Å². The summed E-state index contributed by atoms with van der Waals surface area (Å²) in [6, 6.07) is 16.7. The van der Waals surface area contributed by atoms with Gasteiger partial charge < -0.3 is 14.6 Å². The lowest BCUT2D eigenvalue weighted by molar-refractivity contribution is -0.116. The van der Waals surface area contributed by atoms with Gasteiger partial charge in [0.15, 0.2) is 0 Å². The molecule has 0 radical (unpaired) electrons. The van der Waals surface area contributed by atoms with Crippen molar-refractivity contribution in [2.24, 2.45) is 7.05 Å². The summed E-state index contributed by atoms with van der Waals surface area (Å²) in [5.41, 5.74) is 3.36. The zero-order chi connectivity index (χ0) is 20.4. The molecule has 0 saturated carbocycles. The molecule has 1 N–H and O–H groups in total. The Bertz CT molecular complexity index is 1190. The number of hydrogen-bond donors (Lipinski definition) is 1. The molecule has 2 aromatic carbocycles. The number of ketones is 1. The number of aryl methyl sites for hydroxylation is 1. The first-order valence-electron chi connectivity index (χ1n) is 9.09. The number of carbonyl (C=O) groups is 1. The first-order valence-corrected chi connectivity index (χ1v) is 9.47. The number of hydrogen-bond acceptors (Lipinski definition) is 5. The molecule has 0 fully saturated rings. The second-order valence-corrected chi connectivity index (χ2v) is 7.18. The van der Waals surface area contributed by atoms with Gasteiger partial charge in [0.25, 0.3) is 0 Å². The van der Waals surface area contributed by atoms with Crippen molar-refractivity contribution in [2.45, 2.75) is 13.3 Å². The van der Waals surface area contributed by atoms with Crippen LogP contribution in [0.15, 0.2) is 60.8 Å². The Hall–Kier alpha value is -3.38. The van der Waals surface area contributed by atoms with Gasteiger partial charge in [0, 0.05) is 42.5 Å². The van der Waals surface area contributed by atoms with Gasteiger partial charge in [-0.2, -0.15) is 0 Å². The summed E-state index contributed by atoms with van der Waals surface area (Å²) in [6.45, 7) is 1.54. The summed E-state index contributed by atoms with van der Waals surface area (Å²) in [5, 5.41) is 3.98. The Morgan fingerprint density at radius 2 is 1.86 bits per heavy atom. The zero-order valence-corrected chi connectivity index (χ0v) is 16.8. The van der Waals surface area contributed by atoms with Crippen molar-refractivity contribution in [1.29, 1.82) is 0 Å². The molecule has 4 rings (SSSR count). The molecule has 4 aromatic rings. The minimum Gasteiger partial charge on any atom is -0.457 e. The first-order chi connectivity index (χ1) is 14.0. The maximum absolute atomic E-state index is 11.3. The molecule has 0 saturated heterocycles. The van der Waals surface area contributed by atoms with Crippen molar-refractivity contribution in [3.05, 3.63) is 71.5 Å². The number of carbonyl (C=O) groups excluding carboxylic acids is 1. The first kappa shape index (κ1) is 19.0. The average Bonchev–Trinajstić information content (AvgIpc) is 2.98. The second kappa shape index (κ2) is 7.93. The number of pyridine rings is 1. The third-order valence-corrected chi connectivity index (χ3v) is 4.66. The fraction of sp³-hybridized carbons (Fsp3) is 0.136. The molecule has 0 aliphatic heterocycles. The van der Waals surface area contributed by atoms with E-state index in [4.69, 9.17) is 16.3 Å². The number of rotatable bonds is 6. The van der Waals surface area contributed by atoms with Gasteiger partial charge in [-0.05, 0) is 49.4 Å². The number of nitrogens with one attached hydrogen (secondary N) is 1. The molecular formula is C22H19ClN4O2. The minimum atomic E-state index is 0.0604. The van der Waals surface area contributed by atoms with Crippen LogP contribution in [0.2, 0.25) is 5.02 Å². The number of imidazole rings is 1. The molecule has 29 heavy (non-hydrogen) atoms. The van der Waals surface area contributed by atoms with Crippen LogP contribution >= 0.6 is 11.6 Å². The van der Waals surface area contributed by atoms with E-state index in [1.54, 1.807) is 25.3 Å². The SMILES string of the molecule is CC(=O)Cc1cc(Oc2ccc3c(c2)nc(Nc2ccc(Cl)cc2)n3C)ccn1. The number of halogens is 1. The van der Waals surface area contributed by atoms with Crippen LogP contribution in [0.1, 0.15) is 12.6 Å². The maximum atomic E-state index is 11.3. The highest BCUT2D eigenvalue weighted by Crippen LogP contribution is 2.28. The van der Waals surface area contributed by atoms with Gasteiger partial charge in [0.2, 0.25) is 5.95 Å². The van der Waals surface area contributed by atoms with Gasteiger partial charge in [-0.1, -0.05) is 11.6 Å². The molecule has 0 spiro atoms. The van der Waals surface area contributed by atoms with E-state index < -0.39 is 0 Å². The predicted molar refractivity (Wildman–Crippen MR) is 114 cm³/mol. The molecule has 146 valence electrons. The van der Waals surface area contributed by atoms with Crippen LogP contribution in [-0.2, 0) is 18.3 Å². The summed E-state index contributed by atoms with van der Waals surface area (Å²) >= 11 is 5.95.